The summed E-state index contributed by atoms with van der Waals surface area (Å²) in [5.74, 6) is 3.38. The van der Waals surface area contributed by atoms with Crippen LogP contribution in [0.4, 0.5) is 4.39 Å². The van der Waals surface area contributed by atoms with E-state index in [1.807, 2.05) is 47.8 Å². The van der Waals surface area contributed by atoms with E-state index in [0.717, 1.165) is 5.56 Å². The maximum Gasteiger partial charge on any atom is 0.277 e. The molecule has 1 aromatic heterocycles. The van der Waals surface area contributed by atoms with Crippen LogP contribution < -0.4 is 10.2 Å². The second-order valence-electron chi connectivity index (χ2n) is 6.43. The van der Waals surface area contributed by atoms with Crippen LogP contribution in [0.15, 0.2) is 70.2 Å². The third-order valence-corrected chi connectivity index (χ3v) is 7.38. The first-order valence-electron chi connectivity index (χ1n) is 9.31. The van der Waals surface area contributed by atoms with Crippen molar-refractivity contribution in [1.82, 2.24) is 5.43 Å². The zero-order chi connectivity index (χ0) is 20.8. The van der Waals surface area contributed by atoms with Gasteiger partial charge in [0.05, 0.1) is 10.8 Å². The van der Waals surface area contributed by atoms with Gasteiger partial charge in [-0.3, -0.25) is 4.79 Å². The summed E-state index contributed by atoms with van der Waals surface area (Å²) in [5, 5.41) is 3.88. The molecule has 1 fully saturated rings. The zero-order valence-corrected chi connectivity index (χ0v) is 17.5. The van der Waals surface area contributed by atoms with Crippen LogP contribution in [0.25, 0.3) is 11.3 Å². The summed E-state index contributed by atoms with van der Waals surface area (Å²) in [5.41, 5.74) is 4.42. The Morgan fingerprint density at radius 1 is 1.10 bits per heavy atom. The van der Waals surface area contributed by atoms with Gasteiger partial charge in [0.15, 0.2) is 6.61 Å². The number of benzene rings is 2. The molecule has 1 N–H and O–H groups in total. The van der Waals surface area contributed by atoms with E-state index in [4.69, 9.17) is 9.15 Å². The van der Waals surface area contributed by atoms with Crippen molar-refractivity contribution in [2.24, 2.45) is 5.10 Å². The van der Waals surface area contributed by atoms with E-state index in [9.17, 15) is 9.18 Å². The molecule has 1 amide bonds. The Kier molecular flexibility index (Phi) is 6.76. The standard InChI is InChI=1S/C22H19FN2O3S2/c23-17-5-1-15(2-6-17)20-10-9-19(28-20)13-24-25-21(26)14-27-18-7-3-16(4-8-18)22-29-11-12-30-22/h1-10,13,22H,11-12,14H2,(H,25,26)/b24-13-. The number of rotatable bonds is 7. The van der Waals surface area contributed by atoms with Crippen LogP contribution in [0, 0.1) is 5.82 Å². The lowest BCUT2D eigenvalue weighted by molar-refractivity contribution is -0.123. The zero-order valence-electron chi connectivity index (χ0n) is 15.9. The molecule has 5 nitrogen and oxygen atoms in total. The van der Waals surface area contributed by atoms with Gasteiger partial charge in [-0.05, 0) is 54.1 Å². The first kappa shape index (κ1) is 20.6. The Hall–Kier alpha value is -2.71. The molecule has 4 rings (SSSR count). The molecular weight excluding hydrogens is 423 g/mol. The van der Waals surface area contributed by atoms with E-state index >= 15 is 0 Å². The molecule has 0 unspecified atom stereocenters. The number of ether oxygens (including phenoxy) is 1. The molecule has 2 aromatic carbocycles. The highest BCUT2D eigenvalue weighted by atomic mass is 32.2. The van der Waals surface area contributed by atoms with Gasteiger partial charge in [0.25, 0.3) is 5.91 Å². The smallest absolute Gasteiger partial charge is 0.277 e. The summed E-state index contributed by atoms with van der Waals surface area (Å²) in [4.78, 5) is 11.9. The highest BCUT2D eigenvalue weighted by Crippen LogP contribution is 2.45. The van der Waals surface area contributed by atoms with E-state index in [-0.39, 0.29) is 18.3 Å². The van der Waals surface area contributed by atoms with E-state index in [1.54, 1.807) is 24.3 Å². The van der Waals surface area contributed by atoms with Gasteiger partial charge in [-0.15, -0.1) is 23.5 Å². The second-order valence-corrected chi connectivity index (χ2v) is 9.16. The summed E-state index contributed by atoms with van der Waals surface area (Å²) in [7, 11) is 0. The number of nitrogens with one attached hydrogen (secondary N) is 1. The Balaban J connectivity index is 1.23. The summed E-state index contributed by atoms with van der Waals surface area (Å²) in [6.45, 7) is -0.136. The Bertz CT molecular complexity index is 1010. The van der Waals surface area contributed by atoms with Crippen molar-refractivity contribution in [3.8, 4) is 17.1 Å². The van der Waals surface area contributed by atoms with Gasteiger partial charge < -0.3 is 9.15 Å². The van der Waals surface area contributed by atoms with E-state index < -0.39 is 0 Å². The second kappa shape index (κ2) is 9.86. The third-order valence-electron chi connectivity index (χ3n) is 4.28. The van der Waals surface area contributed by atoms with Crippen LogP contribution in [0.5, 0.6) is 5.75 Å². The first-order chi connectivity index (χ1) is 14.7. The van der Waals surface area contributed by atoms with Crippen LogP contribution in [-0.2, 0) is 4.79 Å². The quantitative estimate of drug-likeness (QED) is 0.408. The maximum absolute atomic E-state index is 13.0. The SMILES string of the molecule is O=C(COc1ccc(C2SCCS2)cc1)N/N=C\c1ccc(-c2ccc(F)cc2)o1. The molecule has 0 aliphatic carbocycles. The molecule has 8 heteroatoms. The molecule has 3 aromatic rings. The molecule has 1 aliphatic heterocycles. The Morgan fingerprint density at radius 2 is 1.83 bits per heavy atom. The molecule has 0 atom stereocenters. The van der Waals surface area contributed by atoms with Crippen LogP contribution >= 0.6 is 23.5 Å². The van der Waals surface area contributed by atoms with Crippen LogP contribution in [0.1, 0.15) is 15.9 Å². The van der Waals surface area contributed by atoms with Gasteiger partial charge in [0.2, 0.25) is 0 Å². The summed E-state index contributed by atoms with van der Waals surface area (Å²) < 4.78 is 24.6. The number of amides is 1. The lowest BCUT2D eigenvalue weighted by Gasteiger charge is -2.09. The van der Waals surface area contributed by atoms with Crippen molar-refractivity contribution in [3.63, 3.8) is 0 Å². The van der Waals surface area contributed by atoms with Gasteiger partial charge in [0, 0.05) is 17.1 Å². The number of halogens is 1. The van der Waals surface area contributed by atoms with Crippen LogP contribution in [0.3, 0.4) is 0 Å². The summed E-state index contributed by atoms with van der Waals surface area (Å²) in [6.07, 6.45) is 1.40. The number of hydrogen-bond acceptors (Lipinski definition) is 6. The minimum Gasteiger partial charge on any atom is -0.484 e. The molecule has 1 aliphatic rings. The number of furan rings is 1. The van der Waals surface area contributed by atoms with Crippen molar-refractivity contribution in [2.45, 2.75) is 4.58 Å². The van der Waals surface area contributed by atoms with E-state index in [0.29, 0.717) is 21.9 Å². The minimum absolute atomic E-state index is 0.136. The number of nitrogens with zero attached hydrogens (tertiary/aromatic N) is 1. The van der Waals surface area contributed by atoms with Gasteiger partial charge >= 0.3 is 0 Å². The fourth-order valence-electron chi connectivity index (χ4n) is 2.81. The fourth-order valence-corrected chi connectivity index (χ4v) is 5.67. The normalized spacial score (nSPS) is 14.3. The average Bonchev–Trinajstić information content (AvgIpc) is 3.46. The van der Waals surface area contributed by atoms with Gasteiger partial charge in [-0.25, -0.2) is 9.82 Å². The average molecular weight is 443 g/mol. The number of carbonyl (C=O) groups is 1. The lowest BCUT2D eigenvalue weighted by Crippen LogP contribution is -2.24. The van der Waals surface area contributed by atoms with Crippen molar-refractivity contribution in [1.29, 1.82) is 0 Å². The molecule has 30 heavy (non-hydrogen) atoms. The predicted molar refractivity (Wildman–Crippen MR) is 119 cm³/mol. The van der Waals surface area contributed by atoms with E-state index in [2.05, 4.69) is 10.5 Å². The predicted octanol–water partition coefficient (Wildman–Crippen LogP) is 5.09. The molecule has 2 heterocycles. The molecule has 1 saturated heterocycles. The number of thioether (sulfide) groups is 2. The highest BCUT2D eigenvalue weighted by molar-refractivity contribution is 8.19. The fraction of sp³-hybridized carbons (Fsp3) is 0.182. The maximum atomic E-state index is 13.0. The Labute approximate surface area is 182 Å². The highest BCUT2D eigenvalue weighted by Gasteiger charge is 2.18. The third kappa shape index (κ3) is 5.46. The van der Waals surface area contributed by atoms with Gasteiger partial charge in [-0.1, -0.05) is 12.1 Å². The van der Waals surface area contributed by atoms with E-state index in [1.165, 1.54) is 35.4 Å². The lowest BCUT2D eigenvalue weighted by atomic mass is 10.2. The van der Waals surface area contributed by atoms with Crippen molar-refractivity contribution < 1.29 is 18.3 Å². The molecule has 0 saturated carbocycles. The molecular formula is C22H19FN2O3S2. The minimum atomic E-state index is -0.373. The monoisotopic (exact) mass is 442 g/mol. The number of hydrogen-bond donors (Lipinski definition) is 1. The van der Waals surface area contributed by atoms with Gasteiger partial charge in [-0.2, -0.15) is 5.10 Å². The molecule has 0 radical (unpaired) electrons. The van der Waals surface area contributed by atoms with Crippen molar-refractivity contribution >= 4 is 35.6 Å². The topological polar surface area (TPSA) is 63.8 Å². The summed E-state index contributed by atoms with van der Waals surface area (Å²) in [6, 6.07) is 17.3. The molecule has 0 spiro atoms. The van der Waals surface area contributed by atoms with Gasteiger partial charge in [0.1, 0.15) is 23.1 Å². The Morgan fingerprint density at radius 3 is 2.57 bits per heavy atom. The van der Waals surface area contributed by atoms with Crippen LogP contribution in [-0.4, -0.2) is 30.2 Å². The molecule has 0 bridgehead atoms. The molecule has 154 valence electrons. The van der Waals surface area contributed by atoms with Crippen LogP contribution in [0.2, 0.25) is 0 Å². The summed E-state index contributed by atoms with van der Waals surface area (Å²) >= 11 is 3.89. The first-order valence-corrected chi connectivity index (χ1v) is 11.4. The van der Waals surface area contributed by atoms with Crippen molar-refractivity contribution in [3.05, 3.63) is 77.8 Å². The number of carbonyl (C=O) groups excluding carboxylic acids is 1. The van der Waals surface area contributed by atoms with Crippen molar-refractivity contribution in [2.75, 3.05) is 18.1 Å². The number of hydrazone groups is 1. The largest absolute Gasteiger partial charge is 0.484 e.